The quantitative estimate of drug-likeness (QED) is 0.653. The van der Waals surface area contributed by atoms with E-state index >= 15 is 0 Å². The van der Waals surface area contributed by atoms with Crippen molar-refractivity contribution in [3.63, 3.8) is 0 Å². The fourth-order valence-electron chi connectivity index (χ4n) is 2.02. The Morgan fingerprint density at radius 3 is 2.24 bits per heavy atom. The summed E-state index contributed by atoms with van der Waals surface area (Å²) in [5.41, 5.74) is 1.78. The van der Waals surface area contributed by atoms with Crippen molar-refractivity contribution in [1.82, 2.24) is 5.32 Å². The topological polar surface area (TPSA) is 119 Å². The van der Waals surface area contributed by atoms with E-state index < -0.39 is 48.9 Å². The van der Waals surface area contributed by atoms with Gasteiger partial charge in [-0.25, -0.2) is 9.59 Å². The van der Waals surface area contributed by atoms with Gasteiger partial charge in [0.25, 0.3) is 0 Å². The highest BCUT2D eigenvalue weighted by molar-refractivity contribution is 5.85. The van der Waals surface area contributed by atoms with Crippen molar-refractivity contribution in [3.8, 4) is 0 Å². The van der Waals surface area contributed by atoms with Crippen molar-refractivity contribution in [2.24, 2.45) is 5.73 Å². The van der Waals surface area contributed by atoms with E-state index in [2.05, 4.69) is 4.74 Å². The van der Waals surface area contributed by atoms with E-state index in [1.165, 1.54) is 5.32 Å². The lowest BCUT2D eigenvalue weighted by Crippen LogP contribution is -2.64. The Hall–Kier alpha value is -2.78. The first kappa shape index (κ1) is 20.3. The van der Waals surface area contributed by atoms with Gasteiger partial charge in [0.15, 0.2) is 0 Å². The van der Waals surface area contributed by atoms with Gasteiger partial charge in [0.05, 0.1) is 0 Å². The molecule has 4 N–H and O–H groups in total. The third kappa shape index (κ3) is 5.66. The van der Waals surface area contributed by atoms with Gasteiger partial charge in [-0.05, 0) is 18.4 Å². The molecule has 0 saturated carbocycles. The maximum Gasteiger partial charge on any atom is 0.422 e. The number of nitrogens with two attached hydrogens (primary N) is 1. The minimum absolute atomic E-state index is 0.332. The summed E-state index contributed by atoms with van der Waals surface area (Å²) in [4.78, 5) is 33.6. The zero-order valence-corrected chi connectivity index (χ0v) is 13.0. The number of carboxylic acid groups (broad SMARTS) is 1. The minimum atomic E-state index is -5.30. The van der Waals surface area contributed by atoms with E-state index in [4.69, 9.17) is 10.8 Å². The standard InChI is InChI=1S/C15H17F3N2O5/c16-15(17,18)14(12(22)23,8-4-7-11(19)21)20-13(24)25-9-10-5-2-1-3-6-10/h1-3,5-6H,4,7-9H2,(H2,19,21)(H,20,24)(H,22,23)/t14-/m0/s1. The van der Waals surface area contributed by atoms with Crippen LogP contribution in [0.1, 0.15) is 24.8 Å². The fraction of sp³-hybridized carbons (Fsp3) is 0.400. The van der Waals surface area contributed by atoms with Gasteiger partial charge in [0, 0.05) is 6.42 Å². The number of halogens is 3. The highest BCUT2D eigenvalue weighted by Crippen LogP contribution is 2.35. The van der Waals surface area contributed by atoms with Crippen molar-refractivity contribution in [2.45, 2.75) is 37.6 Å². The van der Waals surface area contributed by atoms with E-state index in [-0.39, 0.29) is 6.61 Å². The zero-order chi connectivity index (χ0) is 19.1. The maximum atomic E-state index is 13.3. The third-order valence-electron chi connectivity index (χ3n) is 3.35. The summed E-state index contributed by atoms with van der Waals surface area (Å²) >= 11 is 0. The number of aliphatic carboxylic acids is 1. The molecule has 1 rings (SSSR count). The second kappa shape index (κ2) is 8.36. The van der Waals surface area contributed by atoms with Crippen molar-refractivity contribution in [1.29, 1.82) is 0 Å². The number of rotatable bonds is 8. The number of amides is 2. The molecule has 10 heteroatoms. The van der Waals surface area contributed by atoms with E-state index in [0.717, 1.165) is 0 Å². The Labute approximate surface area is 140 Å². The van der Waals surface area contributed by atoms with Crippen LogP contribution in [0.25, 0.3) is 0 Å². The molecule has 25 heavy (non-hydrogen) atoms. The summed E-state index contributed by atoms with van der Waals surface area (Å²) in [6.07, 6.45) is -8.83. The molecule has 1 atom stereocenters. The molecule has 0 saturated heterocycles. The average molecular weight is 362 g/mol. The van der Waals surface area contributed by atoms with Crippen LogP contribution in [0.2, 0.25) is 0 Å². The van der Waals surface area contributed by atoms with Crippen LogP contribution >= 0.6 is 0 Å². The summed E-state index contributed by atoms with van der Waals surface area (Å²) in [6.45, 7) is -0.332. The van der Waals surface area contributed by atoms with Gasteiger partial charge >= 0.3 is 18.2 Å². The van der Waals surface area contributed by atoms with Crippen molar-refractivity contribution in [2.75, 3.05) is 0 Å². The summed E-state index contributed by atoms with van der Waals surface area (Å²) in [6, 6.07) is 8.12. The molecule has 0 spiro atoms. The Morgan fingerprint density at radius 2 is 1.76 bits per heavy atom. The lowest BCUT2D eigenvalue weighted by atomic mass is 9.91. The molecule has 1 aromatic carbocycles. The van der Waals surface area contributed by atoms with E-state index in [0.29, 0.717) is 5.56 Å². The monoisotopic (exact) mass is 362 g/mol. The number of carboxylic acids is 1. The van der Waals surface area contributed by atoms with Crippen LogP contribution in [0.3, 0.4) is 0 Å². The van der Waals surface area contributed by atoms with Crippen LogP contribution in [0.4, 0.5) is 18.0 Å². The predicted octanol–water partition coefficient (Wildman–Crippen LogP) is 1.95. The molecule has 0 unspecified atom stereocenters. The summed E-state index contributed by atoms with van der Waals surface area (Å²) in [7, 11) is 0. The highest BCUT2D eigenvalue weighted by atomic mass is 19.4. The van der Waals surface area contributed by atoms with Crippen LogP contribution in [0.5, 0.6) is 0 Å². The third-order valence-corrected chi connectivity index (χ3v) is 3.35. The Balaban J connectivity index is 2.85. The molecule has 0 bridgehead atoms. The van der Waals surface area contributed by atoms with Gasteiger partial charge in [-0.3, -0.25) is 10.1 Å². The Bertz CT molecular complexity index is 621. The van der Waals surface area contributed by atoms with E-state index in [1.807, 2.05) is 0 Å². The van der Waals surface area contributed by atoms with Gasteiger partial charge in [-0.2, -0.15) is 13.2 Å². The number of benzene rings is 1. The number of nitrogens with one attached hydrogen (secondary N) is 1. The SMILES string of the molecule is NC(=O)CCC[C@](NC(=O)OCc1ccccc1)(C(=O)O)C(F)(F)F. The van der Waals surface area contributed by atoms with Gasteiger partial charge in [0.2, 0.25) is 11.4 Å². The number of hydrogen-bond donors (Lipinski definition) is 3. The van der Waals surface area contributed by atoms with Crippen molar-refractivity contribution < 1.29 is 37.4 Å². The molecule has 0 aliphatic carbocycles. The number of alkyl halides is 3. The first-order valence-corrected chi connectivity index (χ1v) is 7.16. The summed E-state index contributed by atoms with van der Waals surface area (Å²) < 4.78 is 44.6. The van der Waals surface area contributed by atoms with Crippen molar-refractivity contribution >= 4 is 18.0 Å². The molecule has 0 fully saturated rings. The predicted molar refractivity (Wildman–Crippen MR) is 79.2 cm³/mol. The molecule has 7 nitrogen and oxygen atoms in total. The molecule has 2 amide bonds. The molecule has 0 aliphatic rings. The van der Waals surface area contributed by atoms with Crippen LogP contribution in [0.15, 0.2) is 30.3 Å². The Morgan fingerprint density at radius 1 is 1.16 bits per heavy atom. The lowest BCUT2D eigenvalue weighted by Gasteiger charge is -2.32. The van der Waals surface area contributed by atoms with Gasteiger partial charge in [0.1, 0.15) is 6.61 Å². The lowest BCUT2D eigenvalue weighted by molar-refractivity contribution is -0.210. The highest BCUT2D eigenvalue weighted by Gasteiger charge is 2.61. The number of hydrogen-bond acceptors (Lipinski definition) is 4. The molecule has 0 radical (unpaired) electrons. The number of carbonyl (C=O) groups excluding carboxylic acids is 2. The molecule has 0 heterocycles. The van der Waals surface area contributed by atoms with E-state index in [9.17, 15) is 27.6 Å². The molecular formula is C15H17F3N2O5. The molecule has 138 valence electrons. The van der Waals surface area contributed by atoms with Gasteiger partial charge in [-0.1, -0.05) is 30.3 Å². The summed E-state index contributed by atoms with van der Waals surface area (Å²) in [5, 5.41) is 10.4. The average Bonchev–Trinajstić information content (AvgIpc) is 2.51. The molecule has 1 aromatic rings. The number of ether oxygens (including phenoxy) is 1. The van der Waals surface area contributed by atoms with Gasteiger partial charge in [-0.15, -0.1) is 0 Å². The van der Waals surface area contributed by atoms with Crippen LogP contribution in [-0.2, 0) is 20.9 Å². The summed E-state index contributed by atoms with van der Waals surface area (Å²) in [5.74, 6) is -3.19. The molecular weight excluding hydrogens is 345 g/mol. The molecule has 0 aliphatic heterocycles. The first-order valence-electron chi connectivity index (χ1n) is 7.16. The Kier molecular flexibility index (Phi) is 6.77. The minimum Gasteiger partial charge on any atom is -0.479 e. The van der Waals surface area contributed by atoms with E-state index in [1.54, 1.807) is 30.3 Å². The number of carbonyl (C=O) groups is 3. The maximum absolute atomic E-state index is 13.3. The zero-order valence-electron chi connectivity index (χ0n) is 13.0. The second-order valence-electron chi connectivity index (χ2n) is 5.21. The second-order valence-corrected chi connectivity index (χ2v) is 5.21. The largest absolute Gasteiger partial charge is 0.479 e. The first-order chi connectivity index (χ1) is 11.6. The van der Waals surface area contributed by atoms with Gasteiger partial charge < -0.3 is 15.6 Å². The molecule has 0 aromatic heterocycles. The fourth-order valence-corrected chi connectivity index (χ4v) is 2.02. The van der Waals surface area contributed by atoms with Crippen molar-refractivity contribution in [3.05, 3.63) is 35.9 Å². The number of primary amides is 1. The smallest absolute Gasteiger partial charge is 0.422 e. The van der Waals surface area contributed by atoms with Crippen LogP contribution in [0, 0.1) is 0 Å². The van der Waals surface area contributed by atoms with Crippen LogP contribution in [-0.4, -0.2) is 34.8 Å². The normalized spacial score (nSPS) is 13.6. The van der Waals surface area contributed by atoms with Crippen LogP contribution < -0.4 is 11.1 Å². The number of alkyl carbamates (subject to hydrolysis) is 1.